The Morgan fingerprint density at radius 3 is 2.42 bits per heavy atom. The number of hydrogen-bond acceptors (Lipinski definition) is 3. The summed E-state index contributed by atoms with van der Waals surface area (Å²) >= 11 is 1.59. The van der Waals surface area contributed by atoms with Crippen molar-refractivity contribution in [2.24, 2.45) is 0 Å². The summed E-state index contributed by atoms with van der Waals surface area (Å²) in [6.45, 7) is 4.17. The van der Waals surface area contributed by atoms with Crippen molar-refractivity contribution in [1.82, 2.24) is 0 Å². The summed E-state index contributed by atoms with van der Waals surface area (Å²) in [6.07, 6.45) is 1.98. The van der Waals surface area contributed by atoms with Gasteiger partial charge in [0.25, 0.3) is 0 Å². The molecule has 3 heteroatoms. The monoisotopic (exact) mass is 268 g/mol. The lowest BCUT2D eigenvalue weighted by molar-refractivity contribution is 1.31. The van der Waals surface area contributed by atoms with Crippen molar-refractivity contribution in [3.05, 3.63) is 53.1 Å². The van der Waals surface area contributed by atoms with Crippen molar-refractivity contribution in [3.63, 3.8) is 0 Å². The van der Waals surface area contributed by atoms with Crippen LogP contribution in [0.4, 0.5) is 11.4 Å². The fraction of sp³-hybridized carbons (Fsp3) is 0.188. The molecule has 0 aliphatic carbocycles. The maximum Gasteiger partial charge on any atom is 0.103 e. The van der Waals surface area contributed by atoms with Crippen LogP contribution >= 0.6 is 11.8 Å². The Morgan fingerprint density at radius 2 is 1.74 bits per heavy atom. The lowest BCUT2D eigenvalue weighted by atomic mass is 10.1. The normalized spacial score (nSPS) is 10.0. The summed E-state index contributed by atoms with van der Waals surface area (Å²) in [5.74, 6) is 0. The van der Waals surface area contributed by atoms with Gasteiger partial charge in [0.1, 0.15) is 6.07 Å². The van der Waals surface area contributed by atoms with Gasteiger partial charge in [-0.25, -0.2) is 0 Å². The van der Waals surface area contributed by atoms with Crippen LogP contribution in [-0.2, 0) is 0 Å². The predicted octanol–water partition coefficient (Wildman–Crippen LogP) is 4.64. The van der Waals surface area contributed by atoms with Gasteiger partial charge in [0, 0.05) is 10.6 Å². The van der Waals surface area contributed by atoms with E-state index < -0.39 is 0 Å². The molecule has 1 N–H and O–H groups in total. The lowest BCUT2D eigenvalue weighted by Gasteiger charge is -2.13. The average molecular weight is 268 g/mol. The molecule has 0 aliphatic rings. The largest absolute Gasteiger partial charge is 0.354 e. The van der Waals surface area contributed by atoms with Crippen molar-refractivity contribution >= 4 is 23.1 Å². The first-order valence-electron chi connectivity index (χ1n) is 6.07. The van der Waals surface area contributed by atoms with Crippen molar-refractivity contribution in [3.8, 4) is 6.07 Å². The van der Waals surface area contributed by atoms with Crippen molar-refractivity contribution in [1.29, 1.82) is 5.26 Å². The number of nitrogens with one attached hydrogen (secondary N) is 1. The molecule has 0 spiro atoms. The quantitative estimate of drug-likeness (QED) is 0.824. The molecule has 0 aliphatic heterocycles. The Balaban J connectivity index is 2.44. The molecule has 2 aromatic carbocycles. The Morgan fingerprint density at radius 1 is 1.05 bits per heavy atom. The first-order chi connectivity index (χ1) is 9.17. The molecular weight excluding hydrogens is 252 g/mol. The van der Waals surface area contributed by atoms with Crippen LogP contribution in [0.1, 0.15) is 16.7 Å². The lowest BCUT2D eigenvalue weighted by Crippen LogP contribution is -1.98. The molecule has 2 aromatic rings. The second kappa shape index (κ2) is 5.81. The van der Waals surface area contributed by atoms with Crippen LogP contribution in [0.3, 0.4) is 0 Å². The second-order valence-corrected chi connectivity index (χ2v) is 5.22. The van der Waals surface area contributed by atoms with E-state index in [-0.39, 0.29) is 0 Å². The summed E-state index contributed by atoms with van der Waals surface area (Å²) < 4.78 is 0. The van der Waals surface area contributed by atoms with Gasteiger partial charge < -0.3 is 5.32 Å². The van der Waals surface area contributed by atoms with Crippen LogP contribution in [0, 0.1) is 25.2 Å². The standard InChI is InChI=1S/C16H16N2S/c1-11-6-4-7-14(12(11)2)18-15-8-5-9-16(19-3)13(15)10-17/h4-9,18H,1-3H3. The third kappa shape index (κ3) is 2.74. The van der Waals surface area contributed by atoms with Gasteiger partial charge in [-0.1, -0.05) is 18.2 Å². The van der Waals surface area contributed by atoms with Crippen LogP contribution < -0.4 is 5.32 Å². The maximum atomic E-state index is 9.33. The van der Waals surface area contributed by atoms with E-state index in [4.69, 9.17) is 0 Å². The number of thioether (sulfide) groups is 1. The minimum Gasteiger partial charge on any atom is -0.354 e. The Labute approximate surface area is 118 Å². The average Bonchev–Trinajstić information content (AvgIpc) is 2.43. The molecular formula is C16H16N2S. The summed E-state index contributed by atoms with van der Waals surface area (Å²) in [5.41, 5.74) is 5.07. The summed E-state index contributed by atoms with van der Waals surface area (Å²) in [6, 6.07) is 14.3. The number of anilines is 2. The van der Waals surface area contributed by atoms with Gasteiger partial charge in [0.2, 0.25) is 0 Å². The zero-order valence-corrected chi connectivity index (χ0v) is 12.1. The van der Waals surface area contributed by atoms with Crippen LogP contribution in [0.15, 0.2) is 41.3 Å². The first kappa shape index (κ1) is 13.5. The molecule has 0 unspecified atom stereocenters. The van der Waals surface area contributed by atoms with E-state index in [2.05, 4.69) is 31.3 Å². The van der Waals surface area contributed by atoms with Gasteiger partial charge in [-0.2, -0.15) is 5.26 Å². The molecule has 0 atom stereocenters. The number of benzene rings is 2. The SMILES string of the molecule is CSc1cccc(Nc2cccc(C)c2C)c1C#N. The number of nitrogens with zero attached hydrogens (tertiary/aromatic N) is 1. The molecule has 0 saturated heterocycles. The Kier molecular flexibility index (Phi) is 4.13. The fourth-order valence-corrected chi connectivity index (χ4v) is 2.53. The highest BCUT2D eigenvalue weighted by Gasteiger charge is 2.08. The van der Waals surface area contributed by atoms with Crippen molar-refractivity contribution in [2.75, 3.05) is 11.6 Å². The van der Waals surface area contributed by atoms with Crippen LogP contribution in [-0.4, -0.2) is 6.26 Å². The first-order valence-corrected chi connectivity index (χ1v) is 7.30. The van der Waals surface area contributed by atoms with Crippen molar-refractivity contribution in [2.45, 2.75) is 18.7 Å². The van der Waals surface area contributed by atoms with Crippen molar-refractivity contribution < 1.29 is 0 Å². The summed E-state index contributed by atoms with van der Waals surface area (Å²) in [5, 5.41) is 12.7. The molecule has 0 saturated carbocycles. The molecule has 96 valence electrons. The van der Waals surface area contributed by atoms with Gasteiger partial charge in [0.15, 0.2) is 0 Å². The molecule has 2 rings (SSSR count). The van der Waals surface area contributed by atoms with E-state index >= 15 is 0 Å². The molecule has 19 heavy (non-hydrogen) atoms. The van der Waals surface area contributed by atoms with Crippen LogP contribution in [0.2, 0.25) is 0 Å². The number of rotatable bonds is 3. The smallest absolute Gasteiger partial charge is 0.103 e. The highest BCUT2D eigenvalue weighted by Crippen LogP contribution is 2.30. The topological polar surface area (TPSA) is 35.8 Å². The minimum absolute atomic E-state index is 0.705. The molecule has 0 heterocycles. The van der Waals surface area contributed by atoms with E-state index in [0.29, 0.717) is 5.56 Å². The fourth-order valence-electron chi connectivity index (χ4n) is 1.95. The molecule has 0 aromatic heterocycles. The number of hydrogen-bond donors (Lipinski definition) is 1. The Bertz CT molecular complexity index is 642. The van der Waals surface area contributed by atoms with Gasteiger partial charge in [-0.3, -0.25) is 0 Å². The van der Waals surface area contributed by atoms with Gasteiger partial charge in [-0.15, -0.1) is 11.8 Å². The summed E-state index contributed by atoms with van der Waals surface area (Å²) in [7, 11) is 0. The molecule has 0 radical (unpaired) electrons. The van der Waals surface area contributed by atoms with E-state index in [0.717, 1.165) is 16.3 Å². The zero-order chi connectivity index (χ0) is 13.8. The summed E-state index contributed by atoms with van der Waals surface area (Å²) in [4.78, 5) is 0.998. The van der Waals surface area contributed by atoms with Gasteiger partial charge in [-0.05, 0) is 49.4 Å². The van der Waals surface area contributed by atoms with E-state index in [9.17, 15) is 5.26 Å². The predicted molar refractivity (Wildman–Crippen MR) is 82.1 cm³/mol. The van der Waals surface area contributed by atoms with Crippen LogP contribution in [0.25, 0.3) is 0 Å². The highest BCUT2D eigenvalue weighted by atomic mass is 32.2. The Hall–Kier alpha value is -1.92. The third-order valence-electron chi connectivity index (χ3n) is 3.23. The van der Waals surface area contributed by atoms with Gasteiger partial charge >= 0.3 is 0 Å². The zero-order valence-electron chi connectivity index (χ0n) is 11.3. The molecule has 0 fully saturated rings. The van der Waals surface area contributed by atoms with Gasteiger partial charge in [0.05, 0.1) is 11.3 Å². The molecule has 0 amide bonds. The highest BCUT2D eigenvalue weighted by molar-refractivity contribution is 7.98. The maximum absolute atomic E-state index is 9.33. The van der Waals surface area contributed by atoms with E-state index in [1.807, 2.05) is 36.6 Å². The van der Waals surface area contributed by atoms with E-state index in [1.165, 1.54) is 11.1 Å². The van der Waals surface area contributed by atoms with Crippen LogP contribution in [0.5, 0.6) is 0 Å². The van der Waals surface area contributed by atoms with E-state index in [1.54, 1.807) is 11.8 Å². The second-order valence-electron chi connectivity index (χ2n) is 4.37. The number of nitriles is 1. The number of aryl methyl sites for hydroxylation is 1. The minimum atomic E-state index is 0.705. The molecule has 2 nitrogen and oxygen atoms in total. The molecule has 0 bridgehead atoms. The third-order valence-corrected chi connectivity index (χ3v) is 4.01.